The van der Waals surface area contributed by atoms with E-state index in [1.165, 1.54) is 28.1 Å². The Bertz CT molecular complexity index is 1910. The van der Waals surface area contributed by atoms with Gasteiger partial charge in [-0.1, -0.05) is 24.5 Å². The molecule has 4 N–H and O–H groups in total. The Morgan fingerprint density at radius 1 is 1.09 bits per heavy atom. The molecule has 2 unspecified atom stereocenters. The fourth-order valence-corrected chi connectivity index (χ4v) is 10.4. The summed E-state index contributed by atoms with van der Waals surface area (Å²) in [6, 6.07) is -0.887. The van der Waals surface area contributed by atoms with E-state index in [1.807, 2.05) is 0 Å². The van der Waals surface area contributed by atoms with Crippen molar-refractivity contribution in [3.8, 4) is 0 Å². The van der Waals surface area contributed by atoms with Gasteiger partial charge in [0.25, 0.3) is 12.1 Å². The molecule has 7 rings (SSSR count). The molecule has 2 saturated heterocycles. The number of aliphatic hydroxyl groups is 1. The quantitative estimate of drug-likeness (QED) is 0.151. The number of aryl methyl sites for hydroxylation is 1. The molecule has 0 amide bonds. The fourth-order valence-electron chi connectivity index (χ4n) is 5.87. The van der Waals surface area contributed by atoms with Crippen LogP contribution in [0.15, 0.2) is 23.8 Å². The summed E-state index contributed by atoms with van der Waals surface area (Å²) in [5.41, 5.74) is 4.37. The molecular formula is C21H24FN9O8P2S2. The Labute approximate surface area is 251 Å². The molecule has 1 saturated carbocycles. The van der Waals surface area contributed by atoms with Gasteiger partial charge in [-0.25, -0.2) is 33.9 Å². The van der Waals surface area contributed by atoms with Crippen molar-refractivity contribution in [2.45, 2.75) is 61.9 Å². The summed E-state index contributed by atoms with van der Waals surface area (Å²) in [5.74, 6) is 0.364. The number of halogens is 1. The maximum Gasteiger partial charge on any atom is 0.386 e. The SMILES string of the molecule is Cc1nc2c(ncn2[C@@H]2C[C@@H]3OP(=O)(S)[C@H]4[C@@H](F)[C@H](n5cnc6c(N)ncnc65)O[C@@H]4COP(=O)(S)O[C@@H]2[C@@H]3O)c(=O)[nH]1. The summed E-state index contributed by atoms with van der Waals surface area (Å²) < 4.78 is 69.6. The van der Waals surface area contributed by atoms with Gasteiger partial charge >= 0.3 is 6.80 Å². The molecule has 0 aromatic carbocycles. The molecule has 230 valence electrons. The summed E-state index contributed by atoms with van der Waals surface area (Å²) in [6.07, 6.45) is -5.22. The lowest BCUT2D eigenvalue weighted by molar-refractivity contribution is -0.0358. The van der Waals surface area contributed by atoms with Crippen molar-refractivity contribution in [1.29, 1.82) is 0 Å². The van der Waals surface area contributed by atoms with Gasteiger partial charge in [-0.05, 0) is 6.92 Å². The first kappa shape index (κ1) is 29.3. The maximum atomic E-state index is 16.3. The third kappa shape index (κ3) is 4.83. The number of nitrogens with zero attached hydrogens (tertiary/aromatic N) is 7. The first-order chi connectivity index (χ1) is 20.3. The second-order valence-corrected chi connectivity index (χ2v) is 16.9. The van der Waals surface area contributed by atoms with Crippen LogP contribution in [0.1, 0.15) is 24.5 Å². The lowest BCUT2D eigenvalue weighted by atomic mass is 10.2. The van der Waals surface area contributed by atoms with Gasteiger partial charge in [0.2, 0.25) is 0 Å². The van der Waals surface area contributed by atoms with Crippen LogP contribution in [-0.4, -0.2) is 87.0 Å². The van der Waals surface area contributed by atoms with E-state index in [0.29, 0.717) is 5.82 Å². The molecule has 2 aliphatic heterocycles. The predicted molar refractivity (Wildman–Crippen MR) is 154 cm³/mol. The number of nitrogens with one attached hydrogen (secondary N) is 1. The molecule has 3 fully saturated rings. The van der Waals surface area contributed by atoms with Crippen LogP contribution in [0.25, 0.3) is 22.3 Å². The number of nitrogens with two attached hydrogens (primary N) is 1. The van der Waals surface area contributed by atoms with E-state index >= 15 is 4.39 Å². The minimum absolute atomic E-state index is 0.0193. The fraction of sp³-hybridized carbons (Fsp3) is 0.524. The third-order valence-electron chi connectivity index (χ3n) is 7.75. The van der Waals surface area contributed by atoms with Crippen molar-refractivity contribution in [3.63, 3.8) is 0 Å². The number of ether oxygens (including phenoxy) is 1. The van der Waals surface area contributed by atoms with Gasteiger partial charge in [-0.15, -0.1) is 0 Å². The number of fused-ring (bicyclic) bond motifs is 5. The van der Waals surface area contributed by atoms with E-state index in [1.54, 1.807) is 6.92 Å². The number of thiol groups is 2. The molecule has 0 radical (unpaired) electrons. The highest BCUT2D eigenvalue weighted by Crippen LogP contribution is 2.67. The molecular weight excluding hydrogens is 651 g/mol. The third-order valence-corrected chi connectivity index (χ3v) is 12.4. The molecule has 10 atom stereocenters. The topological polar surface area (TPSA) is 224 Å². The van der Waals surface area contributed by atoms with Gasteiger partial charge in [0.1, 0.15) is 35.5 Å². The number of aromatic amines is 1. The van der Waals surface area contributed by atoms with Gasteiger partial charge in [-0.2, -0.15) is 0 Å². The van der Waals surface area contributed by atoms with E-state index in [0.717, 1.165) is 0 Å². The van der Waals surface area contributed by atoms with Crippen molar-refractivity contribution >= 4 is 66.0 Å². The minimum atomic E-state index is -4.29. The number of imidazole rings is 2. The zero-order valence-electron chi connectivity index (χ0n) is 21.9. The van der Waals surface area contributed by atoms with E-state index in [2.05, 4.69) is 54.4 Å². The molecule has 6 heterocycles. The monoisotopic (exact) mass is 675 g/mol. The maximum absolute atomic E-state index is 16.3. The Morgan fingerprint density at radius 3 is 2.63 bits per heavy atom. The van der Waals surface area contributed by atoms with Crippen molar-refractivity contribution in [1.82, 2.24) is 39.0 Å². The van der Waals surface area contributed by atoms with Crippen LogP contribution in [-0.2, 0) is 27.4 Å². The number of aliphatic hydroxyl groups excluding tert-OH is 1. The van der Waals surface area contributed by atoms with E-state index in [4.69, 9.17) is 24.0 Å². The number of H-pyrrole nitrogens is 1. The molecule has 1 aliphatic carbocycles. The van der Waals surface area contributed by atoms with E-state index in [-0.39, 0.29) is 34.6 Å². The van der Waals surface area contributed by atoms with Crippen LogP contribution in [0.5, 0.6) is 0 Å². The summed E-state index contributed by atoms with van der Waals surface area (Å²) in [4.78, 5) is 35.5. The van der Waals surface area contributed by atoms with Gasteiger partial charge < -0.3 is 29.7 Å². The number of nitrogen functional groups attached to an aromatic ring is 1. The van der Waals surface area contributed by atoms with E-state index < -0.39 is 74.1 Å². The van der Waals surface area contributed by atoms with Crippen LogP contribution in [0.4, 0.5) is 10.2 Å². The average Bonchev–Trinajstić information content (AvgIpc) is 3.68. The largest absolute Gasteiger partial charge is 0.388 e. The van der Waals surface area contributed by atoms with Crippen LogP contribution in [0, 0.1) is 6.92 Å². The number of anilines is 1. The summed E-state index contributed by atoms with van der Waals surface area (Å²) in [6.45, 7) is -7.57. The number of aromatic nitrogens is 8. The van der Waals surface area contributed by atoms with Gasteiger partial charge in [0, 0.05) is 6.42 Å². The predicted octanol–water partition coefficient (Wildman–Crippen LogP) is 1.72. The standard InChI is InChI=1S/C21H24FN9O8P2S2/c1-7-28-19-13(20(33)29-7)27-5-30(19)8-2-9-14(32)15(8)39-41(35,43)36-3-10-16(40(34,42)38-9)11(22)21(37-10)31-6-26-12-17(23)24-4-25-18(12)31/h4-6,8-11,14-16,21,32H,2-3H2,1H3,(H,34,42)(H,35,43)(H2,23,24,25)(H,28,29,33)/t8-,9+,10-,11-,14-,15+,16-,21-,40?,41?/m1/s1. The molecule has 17 nitrogen and oxygen atoms in total. The van der Waals surface area contributed by atoms with Crippen molar-refractivity contribution in [3.05, 3.63) is 35.2 Å². The Balaban J connectivity index is 1.26. The normalized spacial score (nSPS) is 38.3. The number of hydrogen-bond acceptors (Lipinski definition) is 14. The molecule has 0 spiro atoms. The minimum Gasteiger partial charge on any atom is -0.388 e. The molecule has 22 heteroatoms. The van der Waals surface area contributed by atoms with Crippen LogP contribution in [0.3, 0.4) is 0 Å². The van der Waals surface area contributed by atoms with Gasteiger partial charge in [-0.3, -0.25) is 23.0 Å². The lowest BCUT2D eigenvalue weighted by Gasteiger charge is -2.28. The number of alkyl halides is 1. The van der Waals surface area contributed by atoms with Gasteiger partial charge in [0.05, 0.1) is 37.5 Å². The Hall–Kier alpha value is -2.41. The number of rotatable bonds is 2. The Morgan fingerprint density at radius 2 is 1.84 bits per heavy atom. The highest BCUT2D eigenvalue weighted by molar-refractivity contribution is 8.46. The molecule has 4 aromatic heterocycles. The smallest absolute Gasteiger partial charge is 0.386 e. The van der Waals surface area contributed by atoms with Crippen molar-refractivity contribution < 1.29 is 36.9 Å². The highest BCUT2D eigenvalue weighted by Gasteiger charge is 2.59. The second-order valence-electron chi connectivity index (χ2n) is 10.4. The van der Waals surface area contributed by atoms with Crippen LogP contribution in [0.2, 0.25) is 0 Å². The van der Waals surface area contributed by atoms with Gasteiger partial charge in [0.15, 0.2) is 35.0 Å². The molecule has 2 bridgehead atoms. The average molecular weight is 676 g/mol. The highest BCUT2D eigenvalue weighted by atomic mass is 32.7. The van der Waals surface area contributed by atoms with Crippen LogP contribution < -0.4 is 11.3 Å². The zero-order chi connectivity index (χ0) is 30.4. The molecule has 43 heavy (non-hydrogen) atoms. The van der Waals surface area contributed by atoms with E-state index in [9.17, 15) is 19.0 Å². The lowest BCUT2D eigenvalue weighted by Crippen LogP contribution is -2.35. The molecule has 4 aromatic rings. The van der Waals surface area contributed by atoms with Crippen molar-refractivity contribution in [2.75, 3.05) is 12.3 Å². The Kier molecular flexibility index (Phi) is 7.03. The second kappa shape index (κ2) is 10.3. The first-order valence-corrected chi connectivity index (χ1v) is 18.4. The van der Waals surface area contributed by atoms with Crippen molar-refractivity contribution in [2.24, 2.45) is 0 Å². The summed E-state index contributed by atoms with van der Waals surface area (Å²) in [5, 5.41) is 11.3. The zero-order valence-corrected chi connectivity index (χ0v) is 25.5. The number of hydrogen-bond donors (Lipinski definition) is 5. The summed E-state index contributed by atoms with van der Waals surface area (Å²) in [7, 11) is 0. The first-order valence-electron chi connectivity index (χ1n) is 12.9. The molecule has 3 aliphatic rings. The summed E-state index contributed by atoms with van der Waals surface area (Å²) >= 11 is 8.38. The van der Waals surface area contributed by atoms with Crippen LogP contribution >= 0.6 is 37.9 Å².